The van der Waals surface area contributed by atoms with Crippen LogP contribution < -0.4 is 14.2 Å². The highest BCUT2D eigenvalue weighted by molar-refractivity contribution is 5.82. The first-order valence-corrected chi connectivity index (χ1v) is 9.38. The number of benzene rings is 3. The van der Waals surface area contributed by atoms with Crippen LogP contribution in [0.25, 0.3) is 5.57 Å². The summed E-state index contributed by atoms with van der Waals surface area (Å²) in [5, 5.41) is 0. The third-order valence-corrected chi connectivity index (χ3v) is 4.29. The first-order valence-electron chi connectivity index (χ1n) is 9.38. The Bertz CT molecular complexity index is 1170. The van der Waals surface area contributed by atoms with Crippen LogP contribution in [0, 0.1) is 23.7 Å². The lowest BCUT2D eigenvalue weighted by atomic mass is 10.0. The van der Waals surface area contributed by atoms with Gasteiger partial charge < -0.3 is 14.2 Å². The second kappa shape index (κ2) is 10.5. The van der Waals surface area contributed by atoms with Crippen LogP contribution in [0.15, 0.2) is 78.9 Å². The molecule has 0 spiro atoms. The maximum atomic E-state index is 5.36. The van der Waals surface area contributed by atoms with Crippen molar-refractivity contribution in [2.24, 2.45) is 0 Å². The standard InChI is InChI=1S/C27H22O3/c1-28-25-13-5-9-21(18-25)8-4-11-23(24-12-7-15-27(20-24)30-3)17-16-22-10-6-14-26(19-22)29-2/h5-7,9-15,18-20H,1-3H3/b23-11-. The molecule has 3 rings (SSSR count). The third-order valence-electron chi connectivity index (χ3n) is 4.29. The Labute approximate surface area is 177 Å². The summed E-state index contributed by atoms with van der Waals surface area (Å²) in [5.41, 5.74) is 3.47. The molecule has 0 amide bonds. The van der Waals surface area contributed by atoms with Crippen molar-refractivity contribution in [2.45, 2.75) is 0 Å². The molecule has 0 aliphatic carbocycles. The van der Waals surface area contributed by atoms with Crippen molar-refractivity contribution in [2.75, 3.05) is 21.3 Å². The molecule has 0 heterocycles. The molecule has 3 aromatic carbocycles. The van der Waals surface area contributed by atoms with Crippen LogP contribution in [0.4, 0.5) is 0 Å². The van der Waals surface area contributed by atoms with Gasteiger partial charge in [0.25, 0.3) is 0 Å². The summed E-state index contributed by atoms with van der Waals surface area (Å²) in [5.74, 6) is 15.0. The SMILES string of the molecule is COc1cccc(C#C/C=C(/C#Cc2cccc(OC)c2)c2cccc(OC)c2)c1. The quantitative estimate of drug-likeness (QED) is 0.570. The fraction of sp³-hybridized carbons (Fsp3) is 0.111. The Hall–Kier alpha value is -4.08. The summed E-state index contributed by atoms with van der Waals surface area (Å²) in [6.45, 7) is 0. The zero-order valence-corrected chi connectivity index (χ0v) is 17.2. The Morgan fingerprint density at radius 2 is 1.20 bits per heavy atom. The Kier molecular flexibility index (Phi) is 7.20. The maximum absolute atomic E-state index is 5.36. The second-order valence-corrected chi connectivity index (χ2v) is 6.27. The minimum absolute atomic E-state index is 0.766. The van der Waals surface area contributed by atoms with Crippen molar-refractivity contribution in [1.82, 2.24) is 0 Å². The van der Waals surface area contributed by atoms with Crippen molar-refractivity contribution in [1.29, 1.82) is 0 Å². The molecule has 0 bridgehead atoms. The first kappa shape index (κ1) is 20.6. The highest BCUT2D eigenvalue weighted by atomic mass is 16.5. The van der Waals surface area contributed by atoms with Gasteiger partial charge in [-0.15, -0.1) is 0 Å². The molecule has 3 heteroatoms. The molecule has 0 saturated carbocycles. The number of hydrogen-bond donors (Lipinski definition) is 0. The van der Waals surface area contributed by atoms with Gasteiger partial charge in [-0.1, -0.05) is 47.9 Å². The summed E-state index contributed by atoms with van der Waals surface area (Å²) >= 11 is 0. The van der Waals surface area contributed by atoms with Gasteiger partial charge in [0, 0.05) is 22.8 Å². The van der Waals surface area contributed by atoms with E-state index >= 15 is 0 Å². The minimum atomic E-state index is 0.766. The molecule has 0 N–H and O–H groups in total. The van der Waals surface area contributed by atoms with Gasteiger partial charge in [-0.25, -0.2) is 0 Å². The van der Waals surface area contributed by atoms with Gasteiger partial charge in [0.1, 0.15) is 17.2 Å². The topological polar surface area (TPSA) is 27.7 Å². The van der Waals surface area contributed by atoms with E-state index in [1.165, 1.54) is 0 Å². The molecule has 0 aliphatic rings. The van der Waals surface area contributed by atoms with Gasteiger partial charge in [0.2, 0.25) is 0 Å². The van der Waals surface area contributed by atoms with Gasteiger partial charge in [-0.3, -0.25) is 0 Å². The molecule has 30 heavy (non-hydrogen) atoms. The van der Waals surface area contributed by atoms with Gasteiger partial charge >= 0.3 is 0 Å². The van der Waals surface area contributed by atoms with Crippen molar-refractivity contribution in [3.63, 3.8) is 0 Å². The second-order valence-electron chi connectivity index (χ2n) is 6.27. The zero-order chi connectivity index (χ0) is 21.2. The van der Waals surface area contributed by atoms with Crippen molar-refractivity contribution >= 4 is 5.57 Å². The van der Waals surface area contributed by atoms with E-state index < -0.39 is 0 Å². The molecular weight excluding hydrogens is 372 g/mol. The number of rotatable bonds is 4. The van der Waals surface area contributed by atoms with Gasteiger partial charge in [-0.2, -0.15) is 0 Å². The maximum Gasteiger partial charge on any atom is 0.120 e. The minimum Gasteiger partial charge on any atom is -0.497 e. The van der Waals surface area contributed by atoms with Crippen LogP contribution in [0.1, 0.15) is 16.7 Å². The lowest BCUT2D eigenvalue weighted by Crippen LogP contribution is -1.87. The highest BCUT2D eigenvalue weighted by Crippen LogP contribution is 2.20. The van der Waals surface area contributed by atoms with E-state index in [4.69, 9.17) is 14.2 Å². The predicted octanol–water partition coefficient (Wildman–Crippen LogP) is 5.20. The summed E-state index contributed by atoms with van der Waals surface area (Å²) in [6, 6.07) is 23.1. The average molecular weight is 394 g/mol. The van der Waals surface area contributed by atoms with Crippen LogP contribution in [0.3, 0.4) is 0 Å². The third kappa shape index (κ3) is 5.71. The van der Waals surface area contributed by atoms with Gasteiger partial charge in [0.15, 0.2) is 0 Å². The molecule has 148 valence electrons. The number of allylic oxidation sites excluding steroid dienone is 2. The summed E-state index contributed by atoms with van der Waals surface area (Å²) < 4.78 is 15.9. The molecule has 0 unspecified atom stereocenters. The molecule has 0 radical (unpaired) electrons. The molecule has 0 saturated heterocycles. The monoisotopic (exact) mass is 394 g/mol. The molecule has 0 atom stereocenters. The highest BCUT2D eigenvalue weighted by Gasteiger charge is 2.01. The van der Waals surface area contributed by atoms with E-state index in [1.807, 2.05) is 78.9 Å². The zero-order valence-electron chi connectivity index (χ0n) is 17.2. The fourth-order valence-corrected chi connectivity index (χ4v) is 2.71. The van der Waals surface area contributed by atoms with E-state index in [1.54, 1.807) is 21.3 Å². The molecular formula is C27H22O3. The number of ether oxygens (including phenoxy) is 3. The molecule has 0 aliphatic heterocycles. The largest absolute Gasteiger partial charge is 0.497 e. The average Bonchev–Trinajstić information content (AvgIpc) is 2.81. The van der Waals surface area contributed by atoms with Crippen LogP contribution in [-0.2, 0) is 0 Å². The Balaban J connectivity index is 1.98. The van der Waals surface area contributed by atoms with Crippen molar-refractivity contribution in [3.05, 3.63) is 95.6 Å². The van der Waals surface area contributed by atoms with Crippen LogP contribution in [-0.4, -0.2) is 21.3 Å². The van der Waals surface area contributed by atoms with Gasteiger partial charge in [0.05, 0.1) is 21.3 Å². The Morgan fingerprint density at radius 1 is 0.667 bits per heavy atom. The first-order chi connectivity index (χ1) is 14.7. The van der Waals surface area contributed by atoms with Crippen LogP contribution in [0.2, 0.25) is 0 Å². The van der Waals surface area contributed by atoms with Crippen molar-refractivity contribution < 1.29 is 14.2 Å². The smallest absolute Gasteiger partial charge is 0.120 e. The molecule has 0 fully saturated rings. The normalized spacial score (nSPS) is 10.2. The molecule has 0 aromatic heterocycles. The van der Waals surface area contributed by atoms with Crippen LogP contribution in [0.5, 0.6) is 17.2 Å². The van der Waals surface area contributed by atoms with Gasteiger partial charge in [-0.05, 0) is 54.1 Å². The lowest BCUT2D eigenvalue weighted by Gasteiger charge is -2.03. The van der Waals surface area contributed by atoms with E-state index in [-0.39, 0.29) is 0 Å². The number of methoxy groups -OCH3 is 3. The van der Waals surface area contributed by atoms with E-state index in [2.05, 4.69) is 23.7 Å². The Morgan fingerprint density at radius 3 is 1.80 bits per heavy atom. The van der Waals surface area contributed by atoms with E-state index in [9.17, 15) is 0 Å². The molecule has 3 aromatic rings. The van der Waals surface area contributed by atoms with Crippen LogP contribution >= 0.6 is 0 Å². The predicted molar refractivity (Wildman–Crippen MR) is 121 cm³/mol. The van der Waals surface area contributed by atoms with E-state index in [0.29, 0.717) is 0 Å². The fourth-order valence-electron chi connectivity index (χ4n) is 2.71. The lowest BCUT2D eigenvalue weighted by molar-refractivity contribution is 0.414. The number of hydrogen-bond acceptors (Lipinski definition) is 3. The van der Waals surface area contributed by atoms with E-state index in [0.717, 1.165) is 39.5 Å². The van der Waals surface area contributed by atoms with Crippen molar-refractivity contribution in [3.8, 4) is 40.9 Å². The summed E-state index contributed by atoms with van der Waals surface area (Å²) in [7, 11) is 4.93. The summed E-state index contributed by atoms with van der Waals surface area (Å²) in [6.07, 6.45) is 1.82. The molecule has 3 nitrogen and oxygen atoms in total. The summed E-state index contributed by atoms with van der Waals surface area (Å²) in [4.78, 5) is 0.